The van der Waals surface area contributed by atoms with Gasteiger partial charge in [-0.15, -0.1) is 0 Å². The molecule has 0 bridgehead atoms. The van der Waals surface area contributed by atoms with Gasteiger partial charge >= 0.3 is 0 Å². The van der Waals surface area contributed by atoms with E-state index in [1.165, 1.54) is 60.8 Å². The number of rotatable bonds is 5. The lowest BCUT2D eigenvalue weighted by atomic mass is 9.97. The van der Waals surface area contributed by atoms with Crippen molar-refractivity contribution in [2.45, 2.75) is 11.4 Å². The first-order chi connectivity index (χ1) is 15.6. The van der Waals surface area contributed by atoms with E-state index in [9.17, 15) is 26.4 Å². The van der Waals surface area contributed by atoms with Gasteiger partial charge in [-0.3, -0.25) is 4.79 Å². The summed E-state index contributed by atoms with van der Waals surface area (Å²) in [6.07, 6.45) is 1.33. The summed E-state index contributed by atoms with van der Waals surface area (Å²) in [5.74, 6) is -2.02. The minimum absolute atomic E-state index is 0.0340. The normalized spacial score (nSPS) is 11.5. The van der Waals surface area contributed by atoms with Crippen LogP contribution in [-0.2, 0) is 16.6 Å². The van der Waals surface area contributed by atoms with E-state index in [2.05, 4.69) is 5.10 Å². The fraction of sp³-hybridized carbons (Fsp3) is 0.0435. The Morgan fingerprint density at radius 2 is 1.42 bits per heavy atom. The Morgan fingerprint density at radius 1 is 0.848 bits per heavy atom. The molecule has 33 heavy (non-hydrogen) atoms. The number of sulfonamides is 1. The number of hydrogen-bond acceptors (Lipinski definition) is 4. The highest BCUT2D eigenvalue weighted by Gasteiger charge is 2.19. The lowest BCUT2D eigenvalue weighted by molar-refractivity contribution is 0.568. The van der Waals surface area contributed by atoms with Crippen molar-refractivity contribution in [2.24, 2.45) is 5.14 Å². The molecular weight excluding hydrogens is 455 g/mol. The maximum atomic E-state index is 14.5. The molecule has 0 fully saturated rings. The van der Waals surface area contributed by atoms with Crippen LogP contribution in [0.1, 0.15) is 5.56 Å². The number of nitrogens with two attached hydrogens (primary N) is 1. The van der Waals surface area contributed by atoms with Crippen LogP contribution in [0.15, 0.2) is 82.6 Å². The smallest absolute Gasteiger partial charge is 0.267 e. The minimum Gasteiger partial charge on any atom is -0.267 e. The van der Waals surface area contributed by atoms with Crippen LogP contribution in [0.25, 0.3) is 22.3 Å². The Labute approximate surface area is 186 Å². The van der Waals surface area contributed by atoms with E-state index >= 15 is 0 Å². The number of nitrogens with zero attached hydrogens (tertiary/aromatic N) is 2. The number of hydrogen-bond donors (Lipinski definition) is 1. The van der Waals surface area contributed by atoms with Crippen molar-refractivity contribution in [1.82, 2.24) is 9.78 Å². The van der Waals surface area contributed by atoms with E-state index in [0.717, 1.165) is 16.8 Å². The van der Waals surface area contributed by atoms with Gasteiger partial charge in [0.15, 0.2) is 0 Å². The van der Waals surface area contributed by atoms with Crippen molar-refractivity contribution in [3.05, 3.63) is 106 Å². The third-order valence-corrected chi connectivity index (χ3v) is 5.92. The molecule has 0 saturated heterocycles. The maximum absolute atomic E-state index is 14.5. The largest absolute Gasteiger partial charge is 0.275 e. The van der Waals surface area contributed by atoms with E-state index < -0.39 is 37.9 Å². The maximum Gasteiger partial charge on any atom is 0.275 e. The van der Waals surface area contributed by atoms with Gasteiger partial charge in [0.1, 0.15) is 22.3 Å². The van der Waals surface area contributed by atoms with E-state index in [0.29, 0.717) is 11.1 Å². The summed E-state index contributed by atoms with van der Waals surface area (Å²) in [5.41, 5.74) is 0.906. The highest BCUT2D eigenvalue weighted by molar-refractivity contribution is 7.89. The van der Waals surface area contributed by atoms with Gasteiger partial charge in [-0.2, -0.15) is 5.10 Å². The van der Waals surface area contributed by atoms with E-state index in [1.54, 1.807) is 0 Å². The van der Waals surface area contributed by atoms with Gasteiger partial charge in [0.05, 0.1) is 18.3 Å². The summed E-state index contributed by atoms with van der Waals surface area (Å²) in [4.78, 5) is 12.7. The Balaban J connectivity index is 1.89. The molecule has 1 heterocycles. The van der Waals surface area contributed by atoms with Crippen LogP contribution in [0, 0.1) is 17.5 Å². The molecule has 0 atom stereocenters. The fourth-order valence-corrected chi connectivity index (χ4v) is 3.97. The molecule has 2 N–H and O–H groups in total. The first-order valence-corrected chi connectivity index (χ1v) is 11.1. The van der Waals surface area contributed by atoms with Crippen molar-refractivity contribution < 1.29 is 21.6 Å². The zero-order valence-corrected chi connectivity index (χ0v) is 17.7. The lowest BCUT2D eigenvalue weighted by Crippen LogP contribution is -2.25. The predicted octanol–water partition coefficient (Wildman–Crippen LogP) is 3.69. The van der Waals surface area contributed by atoms with Crippen LogP contribution in [0.2, 0.25) is 0 Å². The zero-order chi connectivity index (χ0) is 23.8. The molecule has 0 aliphatic heterocycles. The molecule has 6 nitrogen and oxygen atoms in total. The van der Waals surface area contributed by atoms with E-state index in [4.69, 9.17) is 5.14 Å². The first-order valence-electron chi connectivity index (χ1n) is 9.57. The minimum atomic E-state index is -4.28. The number of primary sulfonamides is 1. The summed E-state index contributed by atoms with van der Waals surface area (Å²) in [5, 5.41) is 9.16. The second kappa shape index (κ2) is 8.64. The topological polar surface area (TPSA) is 95.1 Å². The third kappa shape index (κ3) is 4.71. The average molecular weight is 471 g/mol. The average Bonchev–Trinajstić information content (AvgIpc) is 2.76. The molecule has 0 aliphatic carbocycles. The van der Waals surface area contributed by atoms with Gasteiger partial charge in [0.2, 0.25) is 10.0 Å². The standard InChI is InChI=1S/C23H16F3N3O3S/c24-17-6-1-14(2-7-17)13-29-23(30)22(15-3-8-18(25)9-4-15)19(12-28-29)16-5-10-21(20(26)11-16)33(27,31)32/h1-12H,13H2,(H2,27,31,32). The number of aromatic nitrogens is 2. The van der Waals surface area contributed by atoms with Gasteiger partial charge < -0.3 is 0 Å². The summed E-state index contributed by atoms with van der Waals surface area (Å²) in [6, 6.07) is 13.9. The summed E-state index contributed by atoms with van der Waals surface area (Å²) >= 11 is 0. The molecule has 1 aromatic heterocycles. The molecule has 0 aliphatic rings. The molecule has 10 heteroatoms. The second-order valence-corrected chi connectivity index (χ2v) is 8.75. The third-order valence-electron chi connectivity index (χ3n) is 4.97. The van der Waals surface area contributed by atoms with Gasteiger partial charge in [-0.1, -0.05) is 30.3 Å². The van der Waals surface area contributed by atoms with E-state index in [-0.39, 0.29) is 23.2 Å². The van der Waals surface area contributed by atoms with Crippen LogP contribution in [0.3, 0.4) is 0 Å². The second-order valence-electron chi connectivity index (χ2n) is 7.22. The predicted molar refractivity (Wildman–Crippen MR) is 116 cm³/mol. The summed E-state index contributed by atoms with van der Waals surface area (Å²) in [6.45, 7) is 0.0340. The molecule has 0 saturated carbocycles. The van der Waals surface area contributed by atoms with Crippen LogP contribution >= 0.6 is 0 Å². The van der Waals surface area contributed by atoms with Crippen molar-refractivity contribution in [3.8, 4) is 22.3 Å². The SMILES string of the molecule is NS(=O)(=O)c1ccc(-c2cnn(Cc3ccc(F)cc3)c(=O)c2-c2ccc(F)cc2)cc1F. The first kappa shape index (κ1) is 22.4. The Hall–Kier alpha value is -3.76. The highest BCUT2D eigenvalue weighted by Crippen LogP contribution is 2.30. The molecular formula is C23H16F3N3O3S. The van der Waals surface area contributed by atoms with Crippen LogP contribution in [0.5, 0.6) is 0 Å². The van der Waals surface area contributed by atoms with E-state index in [1.807, 2.05) is 0 Å². The lowest BCUT2D eigenvalue weighted by Gasteiger charge is -2.13. The summed E-state index contributed by atoms with van der Waals surface area (Å²) in [7, 11) is -4.28. The Morgan fingerprint density at radius 3 is 2.00 bits per heavy atom. The fourth-order valence-electron chi connectivity index (χ4n) is 3.38. The van der Waals surface area contributed by atoms with Crippen LogP contribution in [-0.4, -0.2) is 18.2 Å². The van der Waals surface area contributed by atoms with Gasteiger partial charge in [-0.05, 0) is 53.1 Å². The monoisotopic (exact) mass is 471 g/mol. The molecule has 0 amide bonds. The van der Waals surface area contributed by atoms with Crippen molar-refractivity contribution in [1.29, 1.82) is 0 Å². The summed E-state index contributed by atoms with van der Waals surface area (Å²) < 4.78 is 65.4. The Bertz CT molecular complexity index is 1500. The molecule has 0 unspecified atom stereocenters. The van der Waals surface area contributed by atoms with Gasteiger partial charge in [0.25, 0.3) is 5.56 Å². The Kier molecular flexibility index (Phi) is 5.88. The molecule has 0 spiro atoms. The van der Waals surface area contributed by atoms with Crippen molar-refractivity contribution >= 4 is 10.0 Å². The van der Waals surface area contributed by atoms with Crippen LogP contribution in [0.4, 0.5) is 13.2 Å². The van der Waals surface area contributed by atoms with Gasteiger partial charge in [-0.25, -0.2) is 31.4 Å². The molecule has 0 radical (unpaired) electrons. The number of benzene rings is 3. The quantitative estimate of drug-likeness (QED) is 0.480. The molecule has 168 valence electrons. The van der Waals surface area contributed by atoms with Crippen LogP contribution < -0.4 is 10.7 Å². The highest BCUT2D eigenvalue weighted by atomic mass is 32.2. The van der Waals surface area contributed by atoms with Gasteiger partial charge in [0, 0.05) is 5.56 Å². The van der Waals surface area contributed by atoms with Crippen molar-refractivity contribution in [2.75, 3.05) is 0 Å². The van der Waals surface area contributed by atoms with Crippen molar-refractivity contribution in [3.63, 3.8) is 0 Å². The molecule has 3 aromatic carbocycles. The molecule has 4 aromatic rings. The zero-order valence-electron chi connectivity index (χ0n) is 16.9. The molecule has 4 rings (SSSR count). The number of halogens is 3.